The van der Waals surface area contributed by atoms with E-state index in [1.165, 1.54) is 19.2 Å². The highest BCUT2D eigenvalue weighted by atomic mass is 35.5. The molecule has 0 radical (unpaired) electrons. The van der Waals surface area contributed by atoms with Crippen molar-refractivity contribution in [3.63, 3.8) is 0 Å². The van der Waals surface area contributed by atoms with Crippen LogP contribution in [0.25, 0.3) is 0 Å². The van der Waals surface area contributed by atoms with Gasteiger partial charge in [-0.3, -0.25) is 0 Å². The number of anilines is 1. The van der Waals surface area contributed by atoms with E-state index in [0.29, 0.717) is 13.0 Å². The number of aromatic nitrogens is 1. The molecule has 0 aliphatic rings. The molecule has 0 saturated carbocycles. The minimum Gasteiger partial charge on any atom is -0.478 e. The lowest BCUT2D eigenvalue weighted by Crippen LogP contribution is -2.27. The molecule has 1 unspecified atom stereocenters. The summed E-state index contributed by atoms with van der Waals surface area (Å²) < 4.78 is 4.98. The standard InChI is InChI=1S/C11H15ClN2O4/c1-18-6-7(4-5-15)13-10-8(11(16)17)2-3-9(12)14-10/h2-3,7,15H,4-6H2,1H3,(H,13,14)(H,16,17). The van der Waals surface area contributed by atoms with Gasteiger partial charge in [-0.15, -0.1) is 0 Å². The number of hydrogen-bond acceptors (Lipinski definition) is 5. The molecular weight excluding hydrogens is 260 g/mol. The zero-order valence-corrected chi connectivity index (χ0v) is 10.6. The molecule has 1 aromatic rings. The van der Waals surface area contributed by atoms with Gasteiger partial charge in [-0.25, -0.2) is 9.78 Å². The van der Waals surface area contributed by atoms with Crippen molar-refractivity contribution in [1.29, 1.82) is 0 Å². The molecule has 0 spiro atoms. The van der Waals surface area contributed by atoms with Gasteiger partial charge in [-0.05, 0) is 18.6 Å². The number of carboxylic acids is 1. The highest BCUT2D eigenvalue weighted by Crippen LogP contribution is 2.18. The smallest absolute Gasteiger partial charge is 0.339 e. The second-order valence-corrected chi connectivity index (χ2v) is 4.03. The molecule has 0 amide bonds. The van der Waals surface area contributed by atoms with Crippen LogP contribution in [0.1, 0.15) is 16.8 Å². The molecule has 18 heavy (non-hydrogen) atoms. The maximum Gasteiger partial charge on any atom is 0.339 e. The quantitative estimate of drug-likeness (QED) is 0.648. The Morgan fingerprint density at radius 3 is 2.89 bits per heavy atom. The topological polar surface area (TPSA) is 91.7 Å². The van der Waals surface area contributed by atoms with Crippen LogP contribution in [0.2, 0.25) is 5.15 Å². The predicted molar refractivity (Wildman–Crippen MR) is 67.2 cm³/mol. The lowest BCUT2D eigenvalue weighted by atomic mass is 10.2. The van der Waals surface area contributed by atoms with Gasteiger partial charge in [0, 0.05) is 13.7 Å². The van der Waals surface area contributed by atoms with Crippen LogP contribution in [0.4, 0.5) is 5.82 Å². The van der Waals surface area contributed by atoms with Gasteiger partial charge in [-0.2, -0.15) is 0 Å². The van der Waals surface area contributed by atoms with Crippen molar-refractivity contribution < 1.29 is 19.7 Å². The number of rotatable bonds is 7. The Labute approximate surface area is 110 Å². The third-order valence-electron chi connectivity index (χ3n) is 2.28. The third-order valence-corrected chi connectivity index (χ3v) is 2.49. The fourth-order valence-corrected chi connectivity index (χ4v) is 1.61. The summed E-state index contributed by atoms with van der Waals surface area (Å²) in [5, 5.41) is 21.0. The number of nitrogens with one attached hydrogen (secondary N) is 1. The first-order chi connectivity index (χ1) is 8.58. The van der Waals surface area contributed by atoms with Gasteiger partial charge in [0.05, 0.1) is 12.6 Å². The van der Waals surface area contributed by atoms with Crippen LogP contribution >= 0.6 is 11.6 Å². The molecule has 0 aliphatic heterocycles. The van der Waals surface area contributed by atoms with Crippen molar-refractivity contribution in [2.45, 2.75) is 12.5 Å². The highest BCUT2D eigenvalue weighted by Gasteiger charge is 2.16. The molecule has 0 saturated heterocycles. The molecule has 3 N–H and O–H groups in total. The number of methoxy groups -OCH3 is 1. The molecule has 7 heteroatoms. The van der Waals surface area contributed by atoms with Crippen LogP contribution in [0.5, 0.6) is 0 Å². The summed E-state index contributed by atoms with van der Waals surface area (Å²) >= 11 is 5.73. The van der Waals surface area contributed by atoms with Crippen LogP contribution in [0.3, 0.4) is 0 Å². The maximum atomic E-state index is 11.0. The van der Waals surface area contributed by atoms with Gasteiger partial charge < -0.3 is 20.3 Å². The van der Waals surface area contributed by atoms with E-state index in [1.807, 2.05) is 0 Å². The van der Waals surface area contributed by atoms with E-state index in [0.717, 1.165) is 0 Å². The Morgan fingerprint density at radius 2 is 2.33 bits per heavy atom. The zero-order chi connectivity index (χ0) is 13.5. The van der Waals surface area contributed by atoms with E-state index in [1.54, 1.807) is 0 Å². The summed E-state index contributed by atoms with van der Waals surface area (Å²) in [6.07, 6.45) is 0.418. The maximum absolute atomic E-state index is 11.0. The fraction of sp³-hybridized carbons (Fsp3) is 0.455. The largest absolute Gasteiger partial charge is 0.478 e. The summed E-state index contributed by atoms with van der Waals surface area (Å²) in [7, 11) is 1.52. The Balaban J connectivity index is 2.92. The van der Waals surface area contributed by atoms with Crippen LogP contribution < -0.4 is 5.32 Å². The van der Waals surface area contributed by atoms with E-state index in [4.69, 9.17) is 26.6 Å². The van der Waals surface area contributed by atoms with E-state index >= 15 is 0 Å². The van der Waals surface area contributed by atoms with E-state index in [-0.39, 0.29) is 29.2 Å². The fourth-order valence-electron chi connectivity index (χ4n) is 1.47. The molecule has 0 bridgehead atoms. The summed E-state index contributed by atoms with van der Waals surface area (Å²) in [4.78, 5) is 15.0. The first kappa shape index (κ1) is 14.7. The Kier molecular flexibility index (Phi) is 5.84. The SMILES string of the molecule is COCC(CCO)Nc1nc(Cl)ccc1C(=O)O. The number of aliphatic hydroxyl groups excluding tert-OH is 1. The van der Waals surface area contributed by atoms with Gasteiger partial charge in [0.15, 0.2) is 0 Å². The highest BCUT2D eigenvalue weighted by molar-refractivity contribution is 6.29. The summed E-state index contributed by atoms with van der Waals surface area (Å²) in [6.45, 7) is 0.289. The first-order valence-electron chi connectivity index (χ1n) is 5.34. The number of halogens is 1. The summed E-state index contributed by atoms with van der Waals surface area (Å²) in [5.74, 6) is -0.924. The van der Waals surface area contributed by atoms with Crippen molar-refractivity contribution in [1.82, 2.24) is 4.98 Å². The van der Waals surface area contributed by atoms with Crippen LogP contribution in [0.15, 0.2) is 12.1 Å². The van der Waals surface area contributed by atoms with Gasteiger partial charge in [0.2, 0.25) is 0 Å². The molecule has 1 aromatic heterocycles. The van der Waals surface area contributed by atoms with Gasteiger partial charge >= 0.3 is 5.97 Å². The van der Waals surface area contributed by atoms with Crippen molar-refractivity contribution in [2.75, 3.05) is 25.6 Å². The number of nitrogens with zero attached hydrogens (tertiary/aromatic N) is 1. The Bertz CT molecular complexity index is 408. The predicted octanol–water partition coefficient (Wildman–Crippen LogP) is 1.24. The van der Waals surface area contributed by atoms with E-state index in [2.05, 4.69) is 10.3 Å². The second-order valence-electron chi connectivity index (χ2n) is 3.64. The van der Waals surface area contributed by atoms with Crippen molar-refractivity contribution >= 4 is 23.4 Å². The summed E-state index contributed by atoms with van der Waals surface area (Å²) in [5.41, 5.74) is 0.0263. The number of ether oxygens (including phenoxy) is 1. The molecular formula is C11H15ClN2O4. The van der Waals surface area contributed by atoms with Crippen molar-refractivity contribution in [3.8, 4) is 0 Å². The number of carbonyl (C=O) groups is 1. The lowest BCUT2D eigenvalue weighted by Gasteiger charge is -2.18. The number of pyridine rings is 1. The average Bonchev–Trinajstić information content (AvgIpc) is 2.29. The number of aliphatic hydroxyl groups is 1. The zero-order valence-electron chi connectivity index (χ0n) is 9.89. The number of aromatic carboxylic acids is 1. The normalized spacial score (nSPS) is 12.2. The summed E-state index contributed by atoms with van der Waals surface area (Å²) in [6, 6.07) is 2.56. The van der Waals surface area contributed by atoms with Crippen molar-refractivity contribution in [2.24, 2.45) is 0 Å². The van der Waals surface area contributed by atoms with Gasteiger partial charge in [-0.1, -0.05) is 11.6 Å². The molecule has 0 fully saturated rings. The van der Waals surface area contributed by atoms with E-state index < -0.39 is 5.97 Å². The molecule has 1 heterocycles. The molecule has 1 atom stereocenters. The van der Waals surface area contributed by atoms with Crippen LogP contribution in [-0.2, 0) is 4.74 Å². The molecule has 6 nitrogen and oxygen atoms in total. The van der Waals surface area contributed by atoms with Crippen LogP contribution in [-0.4, -0.2) is 47.5 Å². The van der Waals surface area contributed by atoms with Crippen molar-refractivity contribution in [3.05, 3.63) is 22.8 Å². The Hall–Kier alpha value is -1.37. The molecule has 100 valence electrons. The third kappa shape index (κ3) is 4.14. The molecule has 1 rings (SSSR count). The average molecular weight is 275 g/mol. The minimum atomic E-state index is -1.10. The Morgan fingerprint density at radius 1 is 1.61 bits per heavy atom. The minimum absolute atomic E-state index is 0.0263. The monoisotopic (exact) mass is 274 g/mol. The molecule has 0 aromatic carbocycles. The van der Waals surface area contributed by atoms with Gasteiger partial charge in [0.1, 0.15) is 16.5 Å². The number of hydrogen-bond donors (Lipinski definition) is 3. The molecule has 0 aliphatic carbocycles. The number of carboxylic acid groups (broad SMARTS) is 1. The first-order valence-corrected chi connectivity index (χ1v) is 5.72. The van der Waals surface area contributed by atoms with Crippen LogP contribution in [0, 0.1) is 0 Å². The van der Waals surface area contributed by atoms with Gasteiger partial charge in [0.25, 0.3) is 0 Å². The lowest BCUT2D eigenvalue weighted by molar-refractivity contribution is 0.0697. The van der Waals surface area contributed by atoms with E-state index in [9.17, 15) is 4.79 Å². The second kappa shape index (κ2) is 7.15.